The third-order valence-corrected chi connectivity index (χ3v) is 3.68. The predicted octanol–water partition coefficient (Wildman–Crippen LogP) is 2.25. The summed E-state index contributed by atoms with van der Waals surface area (Å²) < 4.78 is 22.5. The summed E-state index contributed by atoms with van der Waals surface area (Å²) in [5.74, 6) is 0.143. The number of ketones is 1. The molecule has 3 nitrogen and oxygen atoms in total. The minimum atomic E-state index is -3.16. The zero-order valence-corrected chi connectivity index (χ0v) is 11.5. The molecule has 1 rings (SSSR count). The summed E-state index contributed by atoms with van der Waals surface area (Å²) in [5, 5.41) is 0. The smallest absolute Gasteiger partial charge is 0.175 e. The average Bonchev–Trinajstić information content (AvgIpc) is 2.15. The van der Waals surface area contributed by atoms with Gasteiger partial charge in [-0.3, -0.25) is 4.79 Å². The maximum Gasteiger partial charge on any atom is 0.175 e. The first-order valence-corrected chi connectivity index (χ1v) is 7.32. The molecule has 0 saturated heterocycles. The topological polar surface area (TPSA) is 51.2 Å². The molecule has 0 aliphatic rings. The van der Waals surface area contributed by atoms with Gasteiger partial charge < -0.3 is 0 Å². The van der Waals surface area contributed by atoms with Crippen molar-refractivity contribution in [3.8, 4) is 0 Å². The number of sulfone groups is 1. The molecule has 0 amide bonds. The van der Waals surface area contributed by atoms with Gasteiger partial charge in [-0.25, -0.2) is 8.42 Å². The van der Waals surface area contributed by atoms with Crippen molar-refractivity contribution < 1.29 is 13.2 Å². The van der Waals surface area contributed by atoms with Crippen LogP contribution in [0.3, 0.4) is 0 Å². The van der Waals surface area contributed by atoms with Crippen molar-refractivity contribution in [1.29, 1.82) is 0 Å². The zero-order chi connectivity index (χ0) is 13.3. The number of carbonyl (C=O) groups is 1. The standard InChI is InChI=1S/C13H18O3S/c1-13(2,3)12(14)9-10-5-7-11(8-6-10)17(4,15)16/h5-8H,9H2,1-4H3. The molecule has 0 N–H and O–H groups in total. The molecule has 94 valence electrons. The number of benzene rings is 1. The quantitative estimate of drug-likeness (QED) is 0.831. The molecule has 4 heteroatoms. The lowest BCUT2D eigenvalue weighted by atomic mass is 9.87. The van der Waals surface area contributed by atoms with Crippen molar-refractivity contribution in [2.75, 3.05) is 6.26 Å². The lowest BCUT2D eigenvalue weighted by Crippen LogP contribution is -2.22. The van der Waals surface area contributed by atoms with Crippen LogP contribution >= 0.6 is 0 Å². The number of Topliss-reactive ketones (excluding diaryl/α,β-unsaturated/α-hetero) is 1. The Morgan fingerprint density at radius 3 is 1.94 bits per heavy atom. The third-order valence-electron chi connectivity index (χ3n) is 2.55. The highest BCUT2D eigenvalue weighted by Gasteiger charge is 2.21. The van der Waals surface area contributed by atoms with E-state index in [9.17, 15) is 13.2 Å². The van der Waals surface area contributed by atoms with Gasteiger partial charge in [0.15, 0.2) is 9.84 Å². The second-order valence-electron chi connectivity index (χ2n) is 5.27. The van der Waals surface area contributed by atoms with Crippen LogP contribution in [0, 0.1) is 5.41 Å². The summed E-state index contributed by atoms with van der Waals surface area (Å²) >= 11 is 0. The maximum absolute atomic E-state index is 11.8. The third kappa shape index (κ3) is 3.97. The molecule has 17 heavy (non-hydrogen) atoms. The molecule has 0 bridgehead atoms. The van der Waals surface area contributed by atoms with Crippen molar-refractivity contribution in [2.24, 2.45) is 5.41 Å². The normalized spacial score (nSPS) is 12.5. The summed E-state index contributed by atoms with van der Waals surface area (Å²) in [4.78, 5) is 12.1. The van der Waals surface area contributed by atoms with Crippen molar-refractivity contribution in [3.05, 3.63) is 29.8 Å². The number of hydrogen-bond acceptors (Lipinski definition) is 3. The maximum atomic E-state index is 11.8. The van der Waals surface area contributed by atoms with Crippen LogP contribution in [0.15, 0.2) is 29.2 Å². The molecule has 0 saturated carbocycles. The van der Waals surface area contributed by atoms with E-state index in [0.717, 1.165) is 5.56 Å². The Hall–Kier alpha value is -1.16. The van der Waals surface area contributed by atoms with Crippen LogP contribution in [0.25, 0.3) is 0 Å². The van der Waals surface area contributed by atoms with E-state index >= 15 is 0 Å². The van der Waals surface area contributed by atoms with E-state index in [1.165, 1.54) is 6.26 Å². The van der Waals surface area contributed by atoms with Gasteiger partial charge in [-0.2, -0.15) is 0 Å². The molecule has 0 aromatic heterocycles. The summed E-state index contributed by atoms with van der Waals surface area (Å²) in [7, 11) is -3.16. The molecule has 0 heterocycles. The fourth-order valence-electron chi connectivity index (χ4n) is 1.31. The molecule has 0 atom stereocenters. The van der Waals surface area contributed by atoms with Crippen LogP contribution in [-0.4, -0.2) is 20.5 Å². The van der Waals surface area contributed by atoms with E-state index in [2.05, 4.69) is 0 Å². The van der Waals surface area contributed by atoms with Gasteiger partial charge in [-0.15, -0.1) is 0 Å². The van der Waals surface area contributed by atoms with Crippen LogP contribution in [0.4, 0.5) is 0 Å². The molecule has 0 radical (unpaired) electrons. The van der Waals surface area contributed by atoms with Crippen LogP contribution in [0.1, 0.15) is 26.3 Å². The minimum Gasteiger partial charge on any atom is -0.299 e. The van der Waals surface area contributed by atoms with Gasteiger partial charge in [0.05, 0.1) is 4.90 Å². The Morgan fingerprint density at radius 1 is 1.12 bits per heavy atom. The number of rotatable bonds is 3. The molecular formula is C13H18O3S. The molecule has 1 aromatic carbocycles. The minimum absolute atomic E-state index is 0.143. The second-order valence-corrected chi connectivity index (χ2v) is 7.28. The highest BCUT2D eigenvalue weighted by Crippen LogP contribution is 2.18. The number of hydrogen-bond donors (Lipinski definition) is 0. The first kappa shape index (κ1) is 13.9. The van der Waals surface area contributed by atoms with Crippen LogP contribution in [0.5, 0.6) is 0 Å². The van der Waals surface area contributed by atoms with Gasteiger partial charge in [-0.1, -0.05) is 32.9 Å². The lowest BCUT2D eigenvalue weighted by molar-refractivity contribution is -0.125. The van der Waals surface area contributed by atoms with E-state index in [1.807, 2.05) is 20.8 Å². The molecule has 0 unspecified atom stereocenters. The van der Waals surface area contributed by atoms with E-state index < -0.39 is 9.84 Å². The van der Waals surface area contributed by atoms with E-state index in [1.54, 1.807) is 24.3 Å². The highest BCUT2D eigenvalue weighted by atomic mass is 32.2. The van der Waals surface area contributed by atoms with Gasteiger partial charge in [0.1, 0.15) is 5.78 Å². The SMILES string of the molecule is CC(C)(C)C(=O)Cc1ccc(S(C)(=O)=O)cc1. The van der Waals surface area contributed by atoms with Crippen LogP contribution in [0.2, 0.25) is 0 Å². The molecule has 0 fully saturated rings. The average molecular weight is 254 g/mol. The Morgan fingerprint density at radius 2 is 1.59 bits per heavy atom. The summed E-state index contributed by atoms with van der Waals surface area (Å²) in [6.45, 7) is 5.63. The number of carbonyl (C=O) groups excluding carboxylic acids is 1. The molecule has 0 aliphatic carbocycles. The van der Waals surface area contributed by atoms with Crippen molar-refractivity contribution >= 4 is 15.6 Å². The summed E-state index contributed by atoms with van der Waals surface area (Å²) in [6, 6.07) is 6.47. The first-order valence-electron chi connectivity index (χ1n) is 5.43. The predicted molar refractivity (Wildman–Crippen MR) is 67.7 cm³/mol. The molecule has 0 aliphatic heterocycles. The van der Waals surface area contributed by atoms with Gasteiger partial charge >= 0.3 is 0 Å². The molecule has 0 spiro atoms. The highest BCUT2D eigenvalue weighted by molar-refractivity contribution is 7.90. The van der Waals surface area contributed by atoms with E-state index in [4.69, 9.17) is 0 Å². The van der Waals surface area contributed by atoms with Gasteiger partial charge in [-0.05, 0) is 17.7 Å². The zero-order valence-electron chi connectivity index (χ0n) is 10.6. The van der Waals surface area contributed by atoms with Gasteiger partial charge in [0.25, 0.3) is 0 Å². The lowest BCUT2D eigenvalue weighted by Gasteiger charge is -2.16. The summed E-state index contributed by atoms with van der Waals surface area (Å²) in [5.41, 5.74) is 0.479. The largest absolute Gasteiger partial charge is 0.299 e. The monoisotopic (exact) mass is 254 g/mol. The Balaban J connectivity index is 2.87. The second kappa shape index (κ2) is 4.61. The van der Waals surface area contributed by atoms with Crippen molar-refractivity contribution in [3.63, 3.8) is 0 Å². The first-order chi connectivity index (χ1) is 7.60. The fourth-order valence-corrected chi connectivity index (χ4v) is 1.94. The van der Waals surface area contributed by atoms with Crippen LogP contribution in [-0.2, 0) is 21.1 Å². The Kier molecular flexibility index (Phi) is 3.77. The Labute approximate surface area is 103 Å². The van der Waals surface area contributed by atoms with E-state index in [0.29, 0.717) is 6.42 Å². The van der Waals surface area contributed by atoms with E-state index in [-0.39, 0.29) is 16.1 Å². The van der Waals surface area contributed by atoms with Crippen molar-refractivity contribution in [1.82, 2.24) is 0 Å². The fraction of sp³-hybridized carbons (Fsp3) is 0.462. The Bertz CT molecular complexity index is 505. The molecule has 1 aromatic rings. The van der Waals surface area contributed by atoms with Gasteiger partial charge in [0, 0.05) is 18.1 Å². The summed E-state index contributed by atoms with van der Waals surface area (Å²) in [6.07, 6.45) is 1.51. The van der Waals surface area contributed by atoms with Crippen molar-refractivity contribution in [2.45, 2.75) is 32.1 Å². The molecular weight excluding hydrogens is 236 g/mol. The van der Waals surface area contributed by atoms with Crippen LogP contribution < -0.4 is 0 Å². The van der Waals surface area contributed by atoms with Gasteiger partial charge in [0.2, 0.25) is 0 Å².